The van der Waals surface area contributed by atoms with Crippen LogP contribution in [-0.4, -0.2) is 79.6 Å². The zero-order valence-corrected chi connectivity index (χ0v) is 16.8. The van der Waals surface area contributed by atoms with Crippen molar-refractivity contribution in [2.45, 2.75) is 13.5 Å². The Morgan fingerprint density at radius 1 is 1.46 bits per heavy atom. The first kappa shape index (κ1) is 19.5. The Kier molecular flexibility index (Phi) is 7.33. The van der Waals surface area contributed by atoms with Gasteiger partial charge in [0.05, 0.1) is 23.0 Å². The van der Waals surface area contributed by atoms with Crippen molar-refractivity contribution in [3.05, 3.63) is 16.1 Å². The van der Waals surface area contributed by atoms with Crippen LogP contribution in [0.5, 0.6) is 0 Å². The molecule has 0 bridgehead atoms. The fourth-order valence-electron chi connectivity index (χ4n) is 2.43. The zero-order valence-electron chi connectivity index (χ0n) is 14.4. The van der Waals surface area contributed by atoms with E-state index in [9.17, 15) is 8.42 Å². The number of thiazole rings is 1. The minimum Gasteiger partial charge on any atom is -0.355 e. The molecule has 0 radical (unpaired) electrons. The summed E-state index contributed by atoms with van der Waals surface area (Å²) in [5, 5.41) is 6.19. The van der Waals surface area contributed by atoms with Crippen LogP contribution in [0.25, 0.3) is 0 Å². The number of hydrogen-bond donors (Lipinski definition) is 1. The van der Waals surface area contributed by atoms with Crippen LogP contribution in [0.1, 0.15) is 10.7 Å². The molecule has 1 aromatic rings. The predicted octanol–water partition coefficient (Wildman–Crippen LogP) is 0.837. The summed E-state index contributed by atoms with van der Waals surface area (Å²) in [7, 11) is 0.418. The van der Waals surface area contributed by atoms with E-state index in [2.05, 4.69) is 15.3 Å². The molecule has 1 saturated heterocycles. The summed E-state index contributed by atoms with van der Waals surface area (Å²) in [5.74, 6) is 2.51. The molecular weight excluding hydrogens is 366 g/mol. The second kappa shape index (κ2) is 9.02. The van der Waals surface area contributed by atoms with Crippen LogP contribution in [-0.2, 0) is 16.6 Å². The van der Waals surface area contributed by atoms with Gasteiger partial charge in [0.15, 0.2) is 5.96 Å². The third-order valence-corrected chi connectivity index (χ3v) is 7.28. The molecule has 10 heteroatoms. The summed E-state index contributed by atoms with van der Waals surface area (Å²) in [4.78, 5) is 10.6. The van der Waals surface area contributed by atoms with Gasteiger partial charge in [0.25, 0.3) is 0 Å². The van der Waals surface area contributed by atoms with Crippen LogP contribution in [0.2, 0.25) is 0 Å². The molecule has 2 rings (SSSR count). The van der Waals surface area contributed by atoms with Crippen LogP contribution in [0, 0.1) is 6.92 Å². The van der Waals surface area contributed by atoms with E-state index in [0.717, 1.165) is 22.2 Å². The number of aliphatic imine (C=N–C) groups is 1. The second-order valence-electron chi connectivity index (χ2n) is 5.52. The van der Waals surface area contributed by atoms with Crippen molar-refractivity contribution in [2.24, 2.45) is 4.99 Å². The molecule has 1 N–H and O–H groups in total. The Morgan fingerprint density at radius 3 is 2.75 bits per heavy atom. The first-order valence-electron chi connectivity index (χ1n) is 7.81. The Balaban J connectivity index is 1.82. The van der Waals surface area contributed by atoms with E-state index < -0.39 is 10.0 Å². The van der Waals surface area contributed by atoms with Crippen molar-refractivity contribution in [1.82, 2.24) is 19.5 Å². The van der Waals surface area contributed by atoms with Crippen LogP contribution >= 0.6 is 23.1 Å². The van der Waals surface area contributed by atoms with Gasteiger partial charge in [0, 0.05) is 50.6 Å². The van der Waals surface area contributed by atoms with Gasteiger partial charge in [0.2, 0.25) is 10.0 Å². The van der Waals surface area contributed by atoms with E-state index in [1.165, 1.54) is 0 Å². The third kappa shape index (κ3) is 5.61. The lowest BCUT2D eigenvalue weighted by Crippen LogP contribution is -2.44. The Hall–Kier alpha value is -0.840. The van der Waals surface area contributed by atoms with E-state index in [-0.39, 0.29) is 5.75 Å². The predicted molar refractivity (Wildman–Crippen MR) is 102 cm³/mol. The summed E-state index contributed by atoms with van der Waals surface area (Å²) in [6.07, 6.45) is 0. The first-order chi connectivity index (χ1) is 11.4. The molecule has 0 unspecified atom stereocenters. The number of thioether (sulfide) groups is 1. The number of sulfonamides is 1. The highest BCUT2D eigenvalue weighted by atomic mass is 32.2. The lowest BCUT2D eigenvalue weighted by molar-refractivity contribution is 0.441. The molecule has 0 aliphatic carbocycles. The molecule has 0 spiro atoms. The third-order valence-electron chi connectivity index (χ3n) is 3.65. The van der Waals surface area contributed by atoms with E-state index in [1.807, 2.05) is 24.3 Å². The van der Waals surface area contributed by atoms with Gasteiger partial charge in [-0.1, -0.05) is 0 Å². The number of hydrogen-bond acceptors (Lipinski definition) is 6. The number of nitrogens with zero attached hydrogens (tertiary/aromatic N) is 4. The largest absolute Gasteiger partial charge is 0.355 e. The number of guanidine groups is 1. The van der Waals surface area contributed by atoms with Crippen LogP contribution < -0.4 is 5.32 Å². The fourth-order valence-corrected chi connectivity index (χ4v) is 5.52. The van der Waals surface area contributed by atoms with Gasteiger partial charge in [-0.15, -0.1) is 11.3 Å². The van der Waals surface area contributed by atoms with Crippen molar-refractivity contribution in [3.8, 4) is 0 Å². The summed E-state index contributed by atoms with van der Waals surface area (Å²) in [5.41, 5.74) is 0.987. The fraction of sp³-hybridized carbons (Fsp3) is 0.714. The van der Waals surface area contributed by atoms with Gasteiger partial charge >= 0.3 is 0 Å². The summed E-state index contributed by atoms with van der Waals surface area (Å²) < 4.78 is 26.3. The minimum absolute atomic E-state index is 0.0837. The van der Waals surface area contributed by atoms with E-state index >= 15 is 0 Å². The van der Waals surface area contributed by atoms with Gasteiger partial charge in [-0.3, -0.25) is 4.99 Å². The Bertz CT molecular complexity index is 653. The van der Waals surface area contributed by atoms with E-state index in [0.29, 0.717) is 32.1 Å². The quantitative estimate of drug-likeness (QED) is 0.572. The standard InChI is InChI=1S/C14H25N5O2S3/c1-12-17-13(11-23-12)10-18(3)14(15-2)16-4-9-24(20,21)19-5-7-22-8-6-19/h11H,4-10H2,1-3H3,(H,15,16). The molecule has 0 atom stereocenters. The van der Waals surface area contributed by atoms with Gasteiger partial charge in [-0.2, -0.15) is 11.8 Å². The normalized spacial score (nSPS) is 17.0. The molecule has 0 amide bonds. The Morgan fingerprint density at radius 2 is 2.17 bits per heavy atom. The highest BCUT2D eigenvalue weighted by Crippen LogP contribution is 2.13. The van der Waals surface area contributed by atoms with Crippen molar-refractivity contribution in [3.63, 3.8) is 0 Å². The molecule has 1 aromatic heterocycles. The van der Waals surface area contributed by atoms with Crippen molar-refractivity contribution in [2.75, 3.05) is 51.0 Å². The maximum Gasteiger partial charge on any atom is 0.215 e. The van der Waals surface area contributed by atoms with E-state index in [4.69, 9.17) is 0 Å². The monoisotopic (exact) mass is 391 g/mol. The second-order valence-corrected chi connectivity index (χ2v) is 9.89. The van der Waals surface area contributed by atoms with Gasteiger partial charge in [-0.05, 0) is 6.92 Å². The highest BCUT2D eigenvalue weighted by Gasteiger charge is 2.23. The Labute approximate surface area is 152 Å². The molecule has 1 fully saturated rings. The lowest BCUT2D eigenvalue weighted by Gasteiger charge is -2.26. The molecule has 136 valence electrons. The molecule has 2 heterocycles. The number of rotatable bonds is 6. The molecule has 7 nitrogen and oxygen atoms in total. The van der Waals surface area contributed by atoms with Gasteiger partial charge < -0.3 is 10.2 Å². The zero-order chi connectivity index (χ0) is 17.6. The molecule has 1 aliphatic rings. The van der Waals surface area contributed by atoms with E-state index in [1.54, 1.807) is 34.5 Å². The summed E-state index contributed by atoms with van der Waals surface area (Å²) in [6, 6.07) is 0. The highest BCUT2D eigenvalue weighted by molar-refractivity contribution is 7.99. The van der Waals surface area contributed by atoms with Crippen molar-refractivity contribution in [1.29, 1.82) is 0 Å². The molecule has 1 aliphatic heterocycles. The number of aromatic nitrogens is 1. The molecule has 0 saturated carbocycles. The maximum absolute atomic E-state index is 12.3. The summed E-state index contributed by atoms with van der Waals surface area (Å²) >= 11 is 3.42. The molecular formula is C14H25N5O2S3. The average Bonchev–Trinajstić information content (AvgIpc) is 2.97. The lowest BCUT2D eigenvalue weighted by atomic mass is 10.4. The van der Waals surface area contributed by atoms with Gasteiger partial charge in [-0.25, -0.2) is 17.7 Å². The van der Waals surface area contributed by atoms with Crippen molar-refractivity contribution >= 4 is 39.1 Å². The molecule has 24 heavy (non-hydrogen) atoms. The van der Waals surface area contributed by atoms with Crippen LogP contribution in [0.15, 0.2) is 10.4 Å². The van der Waals surface area contributed by atoms with Gasteiger partial charge in [0.1, 0.15) is 0 Å². The SMILES string of the molecule is CN=C(NCCS(=O)(=O)N1CCSCC1)N(C)Cc1csc(C)n1. The maximum atomic E-state index is 12.3. The number of nitrogens with one attached hydrogen (secondary N) is 1. The first-order valence-corrected chi connectivity index (χ1v) is 11.4. The van der Waals surface area contributed by atoms with Crippen LogP contribution in [0.3, 0.4) is 0 Å². The van der Waals surface area contributed by atoms with Crippen LogP contribution in [0.4, 0.5) is 0 Å². The minimum atomic E-state index is -3.20. The summed E-state index contributed by atoms with van der Waals surface area (Å²) in [6.45, 7) is 4.19. The topological polar surface area (TPSA) is 77.9 Å². The average molecular weight is 392 g/mol. The molecule has 0 aromatic carbocycles. The smallest absolute Gasteiger partial charge is 0.215 e. The number of aryl methyl sites for hydroxylation is 1. The van der Waals surface area contributed by atoms with Crippen molar-refractivity contribution < 1.29 is 8.42 Å².